The Morgan fingerprint density at radius 1 is 1.25 bits per heavy atom. The molecule has 0 radical (unpaired) electrons. The highest BCUT2D eigenvalue weighted by molar-refractivity contribution is 7.89. The van der Waals surface area contributed by atoms with Crippen LogP contribution in [-0.4, -0.2) is 14.5 Å². The largest absolute Gasteiger partial charge is 0.218 e. The minimum Gasteiger partial charge on any atom is -0.212 e. The Hall–Kier alpha value is -0.870. The van der Waals surface area contributed by atoms with E-state index < -0.39 is 10.0 Å². The van der Waals surface area contributed by atoms with Crippen LogP contribution in [0.2, 0.25) is 0 Å². The van der Waals surface area contributed by atoms with Crippen LogP contribution < -0.4 is 4.72 Å². The number of benzene rings is 1. The number of sulfonamides is 1. The SMILES string of the molecule is CCC1CCC(c2ccccc2)S(=O)(=O)N1. The summed E-state index contributed by atoms with van der Waals surface area (Å²) in [7, 11) is -3.19. The Balaban J connectivity index is 2.25. The zero-order chi connectivity index (χ0) is 11.6. The molecule has 2 rings (SSSR count). The van der Waals surface area contributed by atoms with Gasteiger partial charge in [0.25, 0.3) is 0 Å². The topological polar surface area (TPSA) is 46.2 Å². The summed E-state index contributed by atoms with van der Waals surface area (Å²) in [5, 5.41) is -0.378. The van der Waals surface area contributed by atoms with Crippen molar-refractivity contribution >= 4 is 10.0 Å². The predicted octanol–water partition coefficient (Wildman–Crippen LogP) is 2.22. The smallest absolute Gasteiger partial charge is 0.212 e. The van der Waals surface area contributed by atoms with E-state index in [0.717, 1.165) is 24.8 Å². The molecule has 1 aliphatic rings. The van der Waals surface area contributed by atoms with Gasteiger partial charge in [0.2, 0.25) is 10.0 Å². The van der Waals surface area contributed by atoms with Crippen LogP contribution in [0.3, 0.4) is 0 Å². The van der Waals surface area contributed by atoms with E-state index in [-0.39, 0.29) is 11.3 Å². The molecule has 88 valence electrons. The Bertz CT molecular complexity index is 441. The third kappa shape index (κ3) is 2.28. The second kappa shape index (κ2) is 4.55. The standard InChI is InChI=1S/C12H17NO2S/c1-2-11-8-9-12(16(14,15)13-11)10-6-4-3-5-7-10/h3-7,11-13H,2,8-9H2,1H3. The summed E-state index contributed by atoms with van der Waals surface area (Å²) in [5.41, 5.74) is 0.893. The summed E-state index contributed by atoms with van der Waals surface area (Å²) in [5.74, 6) is 0. The van der Waals surface area contributed by atoms with E-state index in [1.807, 2.05) is 37.3 Å². The highest BCUT2D eigenvalue weighted by atomic mass is 32.2. The minimum absolute atomic E-state index is 0.116. The van der Waals surface area contributed by atoms with E-state index in [1.165, 1.54) is 0 Å². The molecule has 1 aromatic carbocycles. The Morgan fingerprint density at radius 3 is 2.50 bits per heavy atom. The van der Waals surface area contributed by atoms with Crippen LogP contribution in [0, 0.1) is 0 Å². The first kappa shape index (κ1) is 11.6. The second-order valence-corrected chi connectivity index (χ2v) is 6.14. The average Bonchev–Trinajstić information content (AvgIpc) is 2.28. The second-order valence-electron chi connectivity index (χ2n) is 4.24. The van der Waals surface area contributed by atoms with Crippen molar-refractivity contribution in [1.82, 2.24) is 4.72 Å². The van der Waals surface area contributed by atoms with Gasteiger partial charge in [0.1, 0.15) is 5.25 Å². The lowest BCUT2D eigenvalue weighted by molar-refractivity contribution is 0.456. The van der Waals surface area contributed by atoms with E-state index >= 15 is 0 Å². The van der Waals surface area contributed by atoms with Crippen molar-refractivity contribution < 1.29 is 8.42 Å². The monoisotopic (exact) mass is 239 g/mol. The molecule has 1 N–H and O–H groups in total. The van der Waals surface area contributed by atoms with E-state index in [1.54, 1.807) is 0 Å². The Kier molecular flexibility index (Phi) is 3.30. The van der Waals surface area contributed by atoms with Gasteiger partial charge >= 0.3 is 0 Å². The van der Waals surface area contributed by atoms with Crippen LogP contribution in [0.15, 0.2) is 30.3 Å². The highest BCUT2D eigenvalue weighted by Crippen LogP contribution is 2.31. The molecule has 1 aromatic rings. The molecule has 1 aliphatic heterocycles. The van der Waals surface area contributed by atoms with Crippen LogP contribution in [-0.2, 0) is 10.0 Å². The minimum atomic E-state index is -3.19. The molecular formula is C12H17NO2S. The molecule has 0 saturated carbocycles. The van der Waals surface area contributed by atoms with Gasteiger partial charge in [-0.25, -0.2) is 13.1 Å². The molecule has 0 aliphatic carbocycles. The normalized spacial score (nSPS) is 28.8. The van der Waals surface area contributed by atoms with Crippen LogP contribution in [0.5, 0.6) is 0 Å². The van der Waals surface area contributed by atoms with Gasteiger partial charge in [-0.2, -0.15) is 0 Å². The van der Waals surface area contributed by atoms with Crippen molar-refractivity contribution in [2.75, 3.05) is 0 Å². The highest BCUT2D eigenvalue weighted by Gasteiger charge is 2.33. The lowest BCUT2D eigenvalue weighted by Gasteiger charge is -2.29. The van der Waals surface area contributed by atoms with E-state index in [9.17, 15) is 8.42 Å². The van der Waals surface area contributed by atoms with E-state index in [4.69, 9.17) is 0 Å². The van der Waals surface area contributed by atoms with Crippen molar-refractivity contribution in [3.63, 3.8) is 0 Å². The molecule has 0 spiro atoms. The van der Waals surface area contributed by atoms with Crippen molar-refractivity contribution in [2.24, 2.45) is 0 Å². The van der Waals surface area contributed by atoms with Gasteiger partial charge in [-0.05, 0) is 24.8 Å². The fourth-order valence-electron chi connectivity index (χ4n) is 2.18. The lowest BCUT2D eigenvalue weighted by Crippen LogP contribution is -2.42. The zero-order valence-corrected chi connectivity index (χ0v) is 10.2. The number of nitrogens with one attached hydrogen (secondary N) is 1. The molecule has 2 atom stereocenters. The fraction of sp³-hybridized carbons (Fsp3) is 0.500. The van der Waals surface area contributed by atoms with Gasteiger partial charge in [-0.1, -0.05) is 37.3 Å². The van der Waals surface area contributed by atoms with Crippen LogP contribution in [0.1, 0.15) is 37.0 Å². The van der Waals surface area contributed by atoms with Crippen molar-refractivity contribution in [2.45, 2.75) is 37.5 Å². The maximum Gasteiger partial charge on any atom is 0.218 e. The van der Waals surface area contributed by atoms with Crippen LogP contribution in [0.25, 0.3) is 0 Å². The summed E-state index contributed by atoms with van der Waals surface area (Å²) in [4.78, 5) is 0. The number of hydrogen-bond donors (Lipinski definition) is 1. The molecule has 16 heavy (non-hydrogen) atoms. The number of hydrogen-bond acceptors (Lipinski definition) is 2. The quantitative estimate of drug-likeness (QED) is 0.860. The maximum absolute atomic E-state index is 12.0. The summed E-state index contributed by atoms with van der Waals surface area (Å²) in [6, 6.07) is 9.56. The van der Waals surface area contributed by atoms with Gasteiger partial charge in [0.05, 0.1) is 0 Å². The van der Waals surface area contributed by atoms with Gasteiger partial charge in [0.15, 0.2) is 0 Å². The molecule has 1 saturated heterocycles. The van der Waals surface area contributed by atoms with Crippen molar-refractivity contribution in [1.29, 1.82) is 0 Å². The molecule has 2 unspecified atom stereocenters. The van der Waals surface area contributed by atoms with Crippen LogP contribution in [0.4, 0.5) is 0 Å². The van der Waals surface area contributed by atoms with Gasteiger partial charge in [-0.15, -0.1) is 0 Å². The van der Waals surface area contributed by atoms with Gasteiger partial charge in [-0.3, -0.25) is 0 Å². The number of rotatable bonds is 2. The van der Waals surface area contributed by atoms with E-state index in [2.05, 4.69) is 4.72 Å². The first-order chi connectivity index (χ1) is 7.63. The summed E-state index contributed by atoms with van der Waals surface area (Å²) in [6.45, 7) is 2.01. The summed E-state index contributed by atoms with van der Waals surface area (Å²) >= 11 is 0. The molecule has 0 amide bonds. The fourth-order valence-corrected chi connectivity index (χ4v) is 4.06. The molecule has 1 fully saturated rings. The lowest BCUT2D eigenvalue weighted by atomic mass is 10.0. The van der Waals surface area contributed by atoms with E-state index in [0.29, 0.717) is 0 Å². The Morgan fingerprint density at radius 2 is 1.94 bits per heavy atom. The predicted molar refractivity (Wildman–Crippen MR) is 64.6 cm³/mol. The first-order valence-electron chi connectivity index (χ1n) is 5.69. The molecule has 0 bridgehead atoms. The van der Waals surface area contributed by atoms with Gasteiger partial charge in [0, 0.05) is 6.04 Å². The van der Waals surface area contributed by atoms with Crippen LogP contribution >= 0.6 is 0 Å². The molecular weight excluding hydrogens is 222 g/mol. The third-order valence-electron chi connectivity index (χ3n) is 3.15. The zero-order valence-electron chi connectivity index (χ0n) is 9.39. The Labute approximate surface area is 96.9 Å². The van der Waals surface area contributed by atoms with Crippen molar-refractivity contribution in [3.8, 4) is 0 Å². The molecule has 4 heteroatoms. The third-order valence-corrected chi connectivity index (χ3v) is 5.07. The van der Waals surface area contributed by atoms with Crippen molar-refractivity contribution in [3.05, 3.63) is 35.9 Å². The first-order valence-corrected chi connectivity index (χ1v) is 7.24. The molecule has 3 nitrogen and oxygen atoms in total. The summed E-state index contributed by atoms with van der Waals surface area (Å²) < 4.78 is 26.8. The molecule has 0 aromatic heterocycles. The summed E-state index contributed by atoms with van der Waals surface area (Å²) in [6.07, 6.45) is 2.51. The average molecular weight is 239 g/mol. The molecule has 1 heterocycles. The van der Waals surface area contributed by atoms with Gasteiger partial charge < -0.3 is 0 Å². The maximum atomic E-state index is 12.0.